The van der Waals surface area contributed by atoms with Gasteiger partial charge in [-0.1, -0.05) is 11.6 Å². The van der Waals surface area contributed by atoms with E-state index in [1.807, 2.05) is 19.1 Å². The molecule has 1 unspecified atom stereocenters. The molecule has 20 heavy (non-hydrogen) atoms. The molecule has 0 bridgehead atoms. The van der Waals surface area contributed by atoms with Crippen molar-refractivity contribution in [3.8, 4) is 0 Å². The fourth-order valence-corrected chi connectivity index (χ4v) is 2.73. The molecule has 0 saturated heterocycles. The zero-order valence-corrected chi connectivity index (χ0v) is 12.4. The van der Waals surface area contributed by atoms with Gasteiger partial charge in [0.15, 0.2) is 0 Å². The number of rotatable bonds is 5. The minimum atomic E-state index is -0.329. The first-order valence-electron chi connectivity index (χ1n) is 6.08. The molecular weight excluding hydrogens is 299 g/mol. The zero-order chi connectivity index (χ0) is 14.5. The molecule has 3 nitrogen and oxygen atoms in total. The van der Waals surface area contributed by atoms with Gasteiger partial charge in [-0.3, -0.25) is 4.79 Å². The number of carbonyl (C=O) groups excluding carboxylic acids is 1. The number of anilines is 1. The van der Waals surface area contributed by atoms with Crippen molar-refractivity contribution in [1.82, 2.24) is 5.32 Å². The Labute approximate surface area is 125 Å². The summed E-state index contributed by atoms with van der Waals surface area (Å²) in [5, 5.41) is 5.80. The molecule has 6 heteroatoms. The zero-order valence-electron chi connectivity index (χ0n) is 10.8. The predicted molar refractivity (Wildman–Crippen MR) is 80.8 cm³/mol. The summed E-state index contributed by atoms with van der Waals surface area (Å²) in [6, 6.07) is 9.47. The van der Waals surface area contributed by atoms with E-state index in [2.05, 4.69) is 10.6 Å². The minimum Gasteiger partial charge on any atom is -0.325 e. The Morgan fingerprint density at radius 2 is 2.00 bits per heavy atom. The van der Waals surface area contributed by atoms with Gasteiger partial charge >= 0.3 is 0 Å². The van der Waals surface area contributed by atoms with Gasteiger partial charge in [0.05, 0.1) is 10.9 Å². The molecule has 0 aliphatic heterocycles. The highest BCUT2D eigenvalue weighted by atomic mass is 35.5. The van der Waals surface area contributed by atoms with E-state index in [4.69, 9.17) is 11.6 Å². The van der Waals surface area contributed by atoms with Crippen LogP contribution in [0.15, 0.2) is 36.4 Å². The van der Waals surface area contributed by atoms with Gasteiger partial charge in [-0.15, -0.1) is 11.3 Å². The number of thiophene rings is 1. The van der Waals surface area contributed by atoms with Crippen molar-refractivity contribution in [2.24, 2.45) is 0 Å². The number of carbonyl (C=O) groups is 1. The highest BCUT2D eigenvalue weighted by Crippen LogP contribution is 2.26. The smallest absolute Gasteiger partial charge is 0.238 e. The lowest BCUT2D eigenvalue weighted by Gasteiger charge is -2.12. The van der Waals surface area contributed by atoms with E-state index < -0.39 is 0 Å². The Bertz CT molecular complexity index is 585. The second-order valence-corrected chi connectivity index (χ2v) is 6.05. The highest BCUT2D eigenvalue weighted by molar-refractivity contribution is 7.16. The number of hydrogen-bond acceptors (Lipinski definition) is 3. The predicted octanol–water partition coefficient (Wildman–Crippen LogP) is 3.83. The maximum absolute atomic E-state index is 12.7. The fourth-order valence-electron chi connectivity index (χ4n) is 1.65. The first-order chi connectivity index (χ1) is 9.54. The molecule has 0 radical (unpaired) electrons. The maximum atomic E-state index is 12.7. The van der Waals surface area contributed by atoms with E-state index >= 15 is 0 Å². The Balaban J connectivity index is 1.81. The molecule has 0 aliphatic carbocycles. The van der Waals surface area contributed by atoms with Gasteiger partial charge in [0.2, 0.25) is 5.91 Å². The molecule has 1 amide bonds. The van der Waals surface area contributed by atoms with E-state index in [1.54, 1.807) is 0 Å². The molecule has 1 atom stereocenters. The summed E-state index contributed by atoms with van der Waals surface area (Å²) in [4.78, 5) is 12.8. The molecule has 106 valence electrons. The molecule has 0 saturated carbocycles. The molecule has 2 aromatic rings. The van der Waals surface area contributed by atoms with Crippen LogP contribution in [-0.2, 0) is 4.79 Å². The molecule has 0 spiro atoms. The summed E-state index contributed by atoms with van der Waals surface area (Å²) in [5.41, 5.74) is 0.574. The van der Waals surface area contributed by atoms with Crippen LogP contribution >= 0.6 is 22.9 Å². The number of hydrogen-bond donors (Lipinski definition) is 2. The van der Waals surface area contributed by atoms with Crippen LogP contribution in [-0.4, -0.2) is 12.5 Å². The summed E-state index contributed by atoms with van der Waals surface area (Å²) in [6.07, 6.45) is 0. The second-order valence-electron chi connectivity index (χ2n) is 4.30. The van der Waals surface area contributed by atoms with Gasteiger partial charge in [0.25, 0.3) is 0 Å². The Hall–Kier alpha value is -1.43. The Kier molecular flexibility index (Phi) is 5.11. The number of benzene rings is 1. The SMILES string of the molecule is CC(NCC(=O)Nc1ccc(F)cc1)c1ccc(Cl)s1. The summed E-state index contributed by atoms with van der Waals surface area (Å²) in [6.45, 7) is 2.14. The quantitative estimate of drug-likeness (QED) is 0.881. The molecule has 1 aromatic carbocycles. The van der Waals surface area contributed by atoms with Crippen molar-refractivity contribution in [3.05, 3.63) is 51.4 Å². The van der Waals surface area contributed by atoms with Crippen LogP contribution in [0.4, 0.5) is 10.1 Å². The van der Waals surface area contributed by atoms with Crippen molar-refractivity contribution in [2.45, 2.75) is 13.0 Å². The van der Waals surface area contributed by atoms with Crippen molar-refractivity contribution >= 4 is 34.5 Å². The number of halogens is 2. The molecular formula is C14H14ClFN2OS. The van der Waals surface area contributed by atoms with Crippen LogP contribution in [0.3, 0.4) is 0 Å². The van der Waals surface area contributed by atoms with Gasteiger partial charge in [0.1, 0.15) is 5.82 Å². The van der Waals surface area contributed by atoms with E-state index in [1.165, 1.54) is 35.6 Å². The normalized spacial score (nSPS) is 12.2. The second kappa shape index (κ2) is 6.83. The summed E-state index contributed by atoms with van der Waals surface area (Å²) in [5.74, 6) is -0.504. The van der Waals surface area contributed by atoms with Crippen molar-refractivity contribution in [1.29, 1.82) is 0 Å². The summed E-state index contributed by atoms with van der Waals surface area (Å²) >= 11 is 7.35. The molecule has 0 aliphatic rings. The van der Waals surface area contributed by atoms with Crippen LogP contribution in [0.2, 0.25) is 4.34 Å². The van der Waals surface area contributed by atoms with Crippen LogP contribution in [0.1, 0.15) is 17.8 Å². The summed E-state index contributed by atoms with van der Waals surface area (Å²) in [7, 11) is 0. The monoisotopic (exact) mass is 312 g/mol. The van der Waals surface area contributed by atoms with Crippen molar-refractivity contribution in [3.63, 3.8) is 0 Å². The topological polar surface area (TPSA) is 41.1 Å². The van der Waals surface area contributed by atoms with Crippen LogP contribution < -0.4 is 10.6 Å². The fraction of sp³-hybridized carbons (Fsp3) is 0.214. The van der Waals surface area contributed by atoms with Gasteiger partial charge in [-0.2, -0.15) is 0 Å². The largest absolute Gasteiger partial charge is 0.325 e. The third kappa shape index (κ3) is 4.30. The van der Waals surface area contributed by atoms with Crippen molar-refractivity contribution in [2.75, 3.05) is 11.9 Å². The van der Waals surface area contributed by atoms with Crippen LogP contribution in [0, 0.1) is 5.82 Å². The maximum Gasteiger partial charge on any atom is 0.238 e. The molecule has 2 rings (SSSR count). The lowest BCUT2D eigenvalue weighted by Crippen LogP contribution is -2.29. The van der Waals surface area contributed by atoms with E-state index in [0.29, 0.717) is 5.69 Å². The Morgan fingerprint density at radius 3 is 2.60 bits per heavy atom. The first kappa shape index (κ1) is 15.0. The number of nitrogens with one attached hydrogen (secondary N) is 2. The van der Waals surface area contributed by atoms with Gasteiger partial charge in [-0.05, 0) is 43.3 Å². The van der Waals surface area contributed by atoms with Gasteiger partial charge < -0.3 is 10.6 Å². The van der Waals surface area contributed by atoms with Gasteiger partial charge in [-0.25, -0.2) is 4.39 Å². The first-order valence-corrected chi connectivity index (χ1v) is 7.28. The third-order valence-corrected chi connectivity index (χ3v) is 4.13. The lowest BCUT2D eigenvalue weighted by atomic mass is 10.2. The molecule has 2 N–H and O–H groups in total. The molecule has 1 heterocycles. The van der Waals surface area contributed by atoms with E-state index in [0.717, 1.165) is 9.21 Å². The van der Waals surface area contributed by atoms with E-state index in [9.17, 15) is 9.18 Å². The Morgan fingerprint density at radius 1 is 1.30 bits per heavy atom. The average molecular weight is 313 g/mol. The van der Waals surface area contributed by atoms with E-state index in [-0.39, 0.29) is 24.3 Å². The highest BCUT2D eigenvalue weighted by Gasteiger charge is 2.10. The molecule has 0 fully saturated rings. The van der Waals surface area contributed by atoms with Crippen LogP contribution in [0.5, 0.6) is 0 Å². The standard InChI is InChI=1S/C14H14ClFN2OS/c1-9(12-6-7-13(15)20-12)17-8-14(19)18-11-4-2-10(16)3-5-11/h2-7,9,17H,8H2,1H3,(H,18,19). The third-order valence-electron chi connectivity index (χ3n) is 2.72. The molecule has 1 aromatic heterocycles. The van der Waals surface area contributed by atoms with Gasteiger partial charge in [0, 0.05) is 16.6 Å². The summed E-state index contributed by atoms with van der Waals surface area (Å²) < 4.78 is 13.5. The average Bonchev–Trinajstić information content (AvgIpc) is 2.85. The van der Waals surface area contributed by atoms with Crippen molar-refractivity contribution < 1.29 is 9.18 Å². The number of amides is 1. The lowest BCUT2D eigenvalue weighted by molar-refractivity contribution is -0.115. The van der Waals surface area contributed by atoms with Crippen LogP contribution in [0.25, 0.3) is 0 Å². The minimum absolute atomic E-state index is 0.0477.